The Hall–Kier alpha value is -2.75. The molecule has 4 rings (SSSR count). The number of anilines is 2. The highest BCUT2D eigenvalue weighted by Gasteiger charge is 2.35. The monoisotopic (exact) mass is 357 g/mol. The van der Waals surface area contributed by atoms with E-state index in [2.05, 4.69) is 20.3 Å². The van der Waals surface area contributed by atoms with E-state index in [-0.39, 0.29) is 6.61 Å². The second kappa shape index (κ2) is 6.87. The first-order valence-electron chi connectivity index (χ1n) is 8.22. The number of imidazole rings is 1. The van der Waals surface area contributed by atoms with Gasteiger partial charge in [0.15, 0.2) is 17.0 Å². The van der Waals surface area contributed by atoms with E-state index in [4.69, 9.17) is 9.47 Å². The van der Waals surface area contributed by atoms with E-state index in [1.54, 1.807) is 18.0 Å². The zero-order valence-electron chi connectivity index (χ0n) is 14.1. The lowest BCUT2D eigenvalue weighted by atomic mass is 10.2. The molecule has 0 aliphatic carbocycles. The van der Waals surface area contributed by atoms with Crippen molar-refractivity contribution in [3.63, 3.8) is 0 Å². The summed E-state index contributed by atoms with van der Waals surface area (Å²) in [6.45, 7) is -0.233. The molecule has 3 aromatic rings. The van der Waals surface area contributed by atoms with E-state index in [1.165, 1.54) is 6.33 Å². The van der Waals surface area contributed by atoms with Crippen LogP contribution in [0.3, 0.4) is 0 Å². The molecule has 9 nitrogen and oxygen atoms in total. The molecule has 1 aliphatic rings. The highest BCUT2D eigenvalue weighted by molar-refractivity contribution is 5.85. The molecule has 1 aliphatic heterocycles. The first-order chi connectivity index (χ1) is 12.7. The molecule has 0 radical (unpaired) electrons. The standard InChI is InChI=1S/C17H19N5O4/c1-25-11-4-2-10(3-5-11)21-16-15-17(19-8-18-16)22(9-20-15)14-6-12(24)13(7-23)26-14/h2-5,8-9,12-14,23-24H,6-7H2,1H3,(H,18,19,21)/t12-,13+,14?/m0/s1. The van der Waals surface area contributed by atoms with Crippen molar-refractivity contribution in [2.75, 3.05) is 19.0 Å². The van der Waals surface area contributed by atoms with E-state index in [0.29, 0.717) is 23.4 Å². The summed E-state index contributed by atoms with van der Waals surface area (Å²) in [5, 5.41) is 22.4. The van der Waals surface area contributed by atoms with Crippen LogP contribution >= 0.6 is 0 Å². The molecule has 3 heterocycles. The van der Waals surface area contributed by atoms with Gasteiger partial charge in [0.1, 0.15) is 24.4 Å². The van der Waals surface area contributed by atoms with Crippen molar-refractivity contribution in [2.24, 2.45) is 0 Å². The summed E-state index contributed by atoms with van der Waals surface area (Å²) in [7, 11) is 1.62. The van der Waals surface area contributed by atoms with Gasteiger partial charge >= 0.3 is 0 Å². The Bertz CT molecular complexity index is 898. The Morgan fingerprint density at radius 1 is 1.27 bits per heavy atom. The van der Waals surface area contributed by atoms with Crippen LogP contribution in [0.5, 0.6) is 5.75 Å². The first kappa shape index (κ1) is 16.7. The highest BCUT2D eigenvalue weighted by atomic mass is 16.5. The number of benzene rings is 1. The maximum Gasteiger partial charge on any atom is 0.167 e. The van der Waals surface area contributed by atoms with Gasteiger partial charge in [-0.2, -0.15) is 0 Å². The molecule has 1 saturated heterocycles. The Labute approximate surface area is 149 Å². The van der Waals surface area contributed by atoms with Gasteiger partial charge in [0.25, 0.3) is 0 Å². The zero-order chi connectivity index (χ0) is 18.1. The quantitative estimate of drug-likeness (QED) is 0.624. The molecule has 0 bridgehead atoms. The molecular formula is C17H19N5O4. The van der Waals surface area contributed by atoms with Crippen molar-refractivity contribution in [1.29, 1.82) is 0 Å². The van der Waals surface area contributed by atoms with E-state index in [1.807, 2.05) is 24.3 Å². The van der Waals surface area contributed by atoms with Crippen LogP contribution in [0.1, 0.15) is 12.6 Å². The van der Waals surface area contributed by atoms with Gasteiger partial charge in [0, 0.05) is 12.1 Å². The van der Waals surface area contributed by atoms with E-state index >= 15 is 0 Å². The summed E-state index contributed by atoms with van der Waals surface area (Å²) in [4.78, 5) is 13.0. The van der Waals surface area contributed by atoms with Gasteiger partial charge in [-0.25, -0.2) is 15.0 Å². The molecule has 1 unspecified atom stereocenters. The molecule has 3 atom stereocenters. The fourth-order valence-corrected chi connectivity index (χ4v) is 3.02. The maximum absolute atomic E-state index is 9.95. The second-order valence-electron chi connectivity index (χ2n) is 6.01. The Morgan fingerprint density at radius 3 is 2.77 bits per heavy atom. The zero-order valence-corrected chi connectivity index (χ0v) is 14.1. The predicted octanol–water partition coefficient (Wildman–Crippen LogP) is 1.22. The van der Waals surface area contributed by atoms with E-state index < -0.39 is 18.4 Å². The number of aliphatic hydroxyl groups excluding tert-OH is 2. The summed E-state index contributed by atoms with van der Waals surface area (Å²) in [6, 6.07) is 7.46. The van der Waals surface area contributed by atoms with Crippen LogP contribution in [-0.4, -0.2) is 55.7 Å². The second-order valence-corrected chi connectivity index (χ2v) is 6.01. The van der Waals surface area contributed by atoms with Crippen LogP contribution in [0.2, 0.25) is 0 Å². The van der Waals surface area contributed by atoms with Gasteiger partial charge in [-0.3, -0.25) is 4.57 Å². The van der Waals surface area contributed by atoms with E-state index in [0.717, 1.165) is 11.4 Å². The normalized spacial score (nSPS) is 22.7. The maximum atomic E-state index is 9.95. The minimum absolute atomic E-state index is 0.233. The number of ether oxygens (including phenoxy) is 2. The molecule has 0 amide bonds. The number of hydrogen-bond donors (Lipinski definition) is 3. The number of aromatic nitrogens is 4. The lowest BCUT2D eigenvalue weighted by Gasteiger charge is -2.13. The predicted molar refractivity (Wildman–Crippen MR) is 93.2 cm³/mol. The van der Waals surface area contributed by atoms with Gasteiger partial charge < -0.3 is 25.0 Å². The summed E-state index contributed by atoms with van der Waals surface area (Å²) in [5.74, 6) is 1.33. The fourth-order valence-electron chi connectivity index (χ4n) is 3.02. The van der Waals surface area contributed by atoms with Crippen molar-refractivity contribution in [2.45, 2.75) is 24.9 Å². The van der Waals surface area contributed by atoms with Crippen molar-refractivity contribution in [1.82, 2.24) is 19.5 Å². The number of nitrogens with one attached hydrogen (secondary N) is 1. The number of methoxy groups -OCH3 is 1. The third kappa shape index (κ3) is 2.96. The number of hydrogen-bond acceptors (Lipinski definition) is 8. The molecule has 2 aromatic heterocycles. The van der Waals surface area contributed by atoms with Crippen molar-refractivity contribution in [3.8, 4) is 5.75 Å². The Morgan fingerprint density at radius 2 is 2.08 bits per heavy atom. The summed E-state index contributed by atoms with van der Waals surface area (Å²) in [6.07, 6.45) is 1.66. The average Bonchev–Trinajstić information content (AvgIpc) is 3.26. The van der Waals surface area contributed by atoms with Crippen molar-refractivity contribution < 1.29 is 19.7 Å². The third-order valence-electron chi connectivity index (χ3n) is 4.41. The van der Waals surface area contributed by atoms with Crippen molar-refractivity contribution in [3.05, 3.63) is 36.9 Å². The van der Waals surface area contributed by atoms with Gasteiger partial charge in [-0.05, 0) is 24.3 Å². The lowest BCUT2D eigenvalue weighted by Crippen LogP contribution is -2.24. The van der Waals surface area contributed by atoms with Gasteiger partial charge in [0.2, 0.25) is 0 Å². The topological polar surface area (TPSA) is 115 Å². The largest absolute Gasteiger partial charge is 0.497 e. The number of aliphatic hydroxyl groups is 2. The molecular weight excluding hydrogens is 338 g/mol. The number of rotatable bonds is 5. The van der Waals surface area contributed by atoms with Crippen LogP contribution < -0.4 is 10.1 Å². The summed E-state index contributed by atoms with van der Waals surface area (Å²) >= 11 is 0. The van der Waals surface area contributed by atoms with Crippen LogP contribution in [0.15, 0.2) is 36.9 Å². The number of fused-ring (bicyclic) bond motifs is 1. The van der Waals surface area contributed by atoms with Gasteiger partial charge in [-0.1, -0.05) is 0 Å². The van der Waals surface area contributed by atoms with Gasteiger partial charge in [-0.15, -0.1) is 0 Å². The SMILES string of the molecule is COc1ccc(Nc2ncnc3c2ncn3C2C[C@H](O)[C@@H](CO)O2)cc1. The third-order valence-corrected chi connectivity index (χ3v) is 4.41. The summed E-state index contributed by atoms with van der Waals surface area (Å²) in [5.41, 5.74) is 2.02. The first-order valence-corrected chi connectivity index (χ1v) is 8.22. The van der Waals surface area contributed by atoms with Crippen LogP contribution in [0.4, 0.5) is 11.5 Å². The molecule has 0 saturated carbocycles. The van der Waals surface area contributed by atoms with Crippen LogP contribution in [-0.2, 0) is 4.74 Å². The molecule has 3 N–H and O–H groups in total. The smallest absolute Gasteiger partial charge is 0.167 e. The minimum Gasteiger partial charge on any atom is -0.497 e. The molecule has 0 spiro atoms. The molecule has 1 aromatic carbocycles. The molecule has 1 fully saturated rings. The average molecular weight is 357 g/mol. The van der Waals surface area contributed by atoms with Crippen LogP contribution in [0.25, 0.3) is 11.2 Å². The van der Waals surface area contributed by atoms with Gasteiger partial charge in [0.05, 0.1) is 26.1 Å². The molecule has 9 heteroatoms. The fraction of sp³-hybridized carbons (Fsp3) is 0.353. The van der Waals surface area contributed by atoms with E-state index in [9.17, 15) is 10.2 Å². The lowest BCUT2D eigenvalue weighted by molar-refractivity contribution is -0.0432. The molecule has 26 heavy (non-hydrogen) atoms. The number of nitrogens with zero attached hydrogens (tertiary/aromatic N) is 4. The highest BCUT2D eigenvalue weighted by Crippen LogP contribution is 2.32. The van der Waals surface area contributed by atoms with Crippen molar-refractivity contribution >= 4 is 22.7 Å². The Kier molecular flexibility index (Phi) is 4.41. The molecule has 136 valence electrons. The van der Waals surface area contributed by atoms with Crippen LogP contribution in [0, 0.1) is 0 Å². The minimum atomic E-state index is -0.721. The summed E-state index contributed by atoms with van der Waals surface area (Å²) < 4.78 is 12.6. The Balaban J connectivity index is 1.62.